The number of halogens is 1. The molecule has 0 unspecified atom stereocenters. The highest BCUT2D eigenvalue weighted by Gasteiger charge is 1.95. The van der Waals surface area contributed by atoms with E-state index < -0.39 is 0 Å². The first-order valence-corrected chi connectivity index (χ1v) is 5.70. The summed E-state index contributed by atoms with van der Waals surface area (Å²) in [6.07, 6.45) is 1.72. The Hall–Kier alpha value is -0.610. The van der Waals surface area contributed by atoms with Crippen molar-refractivity contribution >= 4 is 15.9 Å². The molecule has 0 amide bonds. The summed E-state index contributed by atoms with van der Waals surface area (Å²) in [4.78, 5) is 4.18. The molecule has 1 rings (SSSR count). The van der Waals surface area contributed by atoms with E-state index in [0.29, 0.717) is 13.2 Å². The molecule has 0 aliphatic carbocycles. The lowest BCUT2D eigenvalue weighted by Crippen LogP contribution is -2.06. The van der Waals surface area contributed by atoms with Gasteiger partial charge in [0.25, 0.3) is 0 Å². The summed E-state index contributed by atoms with van der Waals surface area (Å²) in [6.45, 7) is 3.89. The summed E-state index contributed by atoms with van der Waals surface area (Å²) in [5, 5.41) is 0.770. The Morgan fingerprint density at radius 2 is 2.21 bits per heavy atom. The zero-order chi connectivity index (χ0) is 10.2. The van der Waals surface area contributed by atoms with Crippen LogP contribution in [0.5, 0.6) is 5.75 Å². The van der Waals surface area contributed by atoms with E-state index in [9.17, 15) is 0 Å². The zero-order valence-corrected chi connectivity index (χ0v) is 9.79. The molecule has 4 heteroatoms. The topological polar surface area (TPSA) is 31.4 Å². The molecule has 0 spiro atoms. The van der Waals surface area contributed by atoms with Crippen molar-refractivity contribution in [3.63, 3.8) is 0 Å². The number of alkyl halides is 1. The van der Waals surface area contributed by atoms with Gasteiger partial charge in [-0.05, 0) is 19.1 Å². The minimum absolute atomic E-state index is 0.573. The third-order valence-electron chi connectivity index (χ3n) is 1.64. The van der Waals surface area contributed by atoms with Crippen molar-refractivity contribution in [2.45, 2.75) is 12.3 Å². The molecule has 0 aliphatic heterocycles. The van der Waals surface area contributed by atoms with Crippen LogP contribution >= 0.6 is 15.9 Å². The molecule has 0 aromatic carbocycles. The van der Waals surface area contributed by atoms with E-state index in [4.69, 9.17) is 9.47 Å². The lowest BCUT2D eigenvalue weighted by Gasteiger charge is -2.05. The monoisotopic (exact) mass is 259 g/mol. The van der Waals surface area contributed by atoms with E-state index in [0.717, 1.165) is 23.4 Å². The molecule has 0 radical (unpaired) electrons. The third-order valence-corrected chi connectivity index (χ3v) is 2.21. The quantitative estimate of drug-likeness (QED) is 0.581. The van der Waals surface area contributed by atoms with Gasteiger partial charge < -0.3 is 9.47 Å². The van der Waals surface area contributed by atoms with Crippen molar-refractivity contribution in [3.8, 4) is 5.75 Å². The molecule has 0 bridgehead atoms. The number of nitrogens with zero attached hydrogens (tertiary/aromatic N) is 1. The molecule has 0 N–H and O–H groups in total. The number of pyridine rings is 1. The molecule has 3 nitrogen and oxygen atoms in total. The lowest BCUT2D eigenvalue weighted by atomic mass is 10.4. The number of hydrogen-bond acceptors (Lipinski definition) is 3. The van der Waals surface area contributed by atoms with Crippen LogP contribution < -0.4 is 4.74 Å². The average Bonchev–Trinajstić information content (AvgIpc) is 2.25. The molecular formula is C10H14BrNO2. The lowest BCUT2D eigenvalue weighted by molar-refractivity contribution is 0.110. The van der Waals surface area contributed by atoms with Crippen molar-refractivity contribution < 1.29 is 9.47 Å². The molecule has 1 aromatic rings. The van der Waals surface area contributed by atoms with E-state index in [1.54, 1.807) is 6.20 Å². The highest BCUT2D eigenvalue weighted by atomic mass is 79.9. The first-order chi connectivity index (χ1) is 6.86. The van der Waals surface area contributed by atoms with Crippen molar-refractivity contribution in [1.29, 1.82) is 0 Å². The van der Waals surface area contributed by atoms with Crippen LogP contribution in [0.1, 0.15) is 12.6 Å². The molecule has 0 atom stereocenters. The first kappa shape index (κ1) is 11.5. The van der Waals surface area contributed by atoms with Gasteiger partial charge in [-0.1, -0.05) is 15.9 Å². The summed E-state index contributed by atoms with van der Waals surface area (Å²) in [5.74, 6) is 0.786. The normalized spacial score (nSPS) is 10.1. The van der Waals surface area contributed by atoms with Gasteiger partial charge >= 0.3 is 0 Å². The fourth-order valence-electron chi connectivity index (χ4n) is 0.938. The molecule has 1 aromatic heterocycles. The van der Waals surface area contributed by atoms with Crippen LogP contribution in [-0.4, -0.2) is 24.8 Å². The van der Waals surface area contributed by atoms with Gasteiger partial charge in [-0.2, -0.15) is 0 Å². The predicted molar refractivity (Wildman–Crippen MR) is 58.9 cm³/mol. The Morgan fingerprint density at radius 1 is 1.36 bits per heavy atom. The van der Waals surface area contributed by atoms with Crippen LogP contribution in [0.25, 0.3) is 0 Å². The van der Waals surface area contributed by atoms with Gasteiger partial charge in [0.05, 0.1) is 18.5 Å². The van der Waals surface area contributed by atoms with Gasteiger partial charge in [0, 0.05) is 11.9 Å². The average molecular weight is 260 g/mol. The Balaban J connectivity index is 2.29. The Labute approximate surface area is 92.6 Å². The van der Waals surface area contributed by atoms with Gasteiger partial charge in [0.15, 0.2) is 0 Å². The van der Waals surface area contributed by atoms with Crippen molar-refractivity contribution in [3.05, 3.63) is 24.0 Å². The molecular weight excluding hydrogens is 246 g/mol. The van der Waals surface area contributed by atoms with Crippen LogP contribution in [0, 0.1) is 0 Å². The molecule has 78 valence electrons. The zero-order valence-electron chi connectivity index (χ0n) is 8.20. The summed E-state index contributed by atoms with van der Waals surface area (Å²) in [5.41, 5.74) is 1.00. The van der Waals surface area contributed by atoms with Gasteiger partial charge in [-0.25, -0.2) is 0 Å². The maximum Gasteiger partial charge on any atom is 0.137 e. The SMILES string of the molecule is CCOCCOc1ccc(CBr)nc1. The standard InChI is InChI=1S/C10H14BrNO2/c1-2-13-5-6-14-10-4-3-9(7-11)12-8-10/h3-4,8H,2,5-7H2,1H3. The fourth-order valence-corrected chi connectivity index (χ4v) is 1.27. The van der Waals surface area contributed by atoms with Crippen LogP contribution in [0.2, 0.25) is 0 Å². The van der Waals surface area contributed by atoms with Crippen molar-refractivity contribution in [2.24, 2.45) is 0 Å². The van der Waals surface area contributed by atoms with Gasteiger partial charge in [0.1, 0.15) is 12.4 Å². The summed E-state index contributed by atoms with van der Waals surface area (Å²) in [6, 6.07) is 3.85. The van der Waals surface area contributed by atoms with Crippen molar-refractivity contribution in [2.75, 3.05) is 19.8 Å². The first-order valence-electron chi connectivity index (χ1n) is 4.58. The second-order valence-corrected chi connectivity index (χ2v) is 3.22. The Bertz CT molecular complexity index is 251. The van der Waals surface area contributed by atoms with Gasteiger partial charge in [-0.3, -0.25) is 4.98 Å². The molecule has 0 saturated heterocycles. The molecule has 0 saturated carbocycles. The van der Waals surface area contributed by atoms with Crippen LogP contribution in [0.15, 0.2) is 18.3 Å². The highest BCUT2D eigenvalue weighted by molar-refractivity contribution is 9.08. The maximum absolute atomic E-state index is 5.40. The number of aromatic nitrogens is 1. The second kappa shape index (κ2) is 6.79. The molecule has 14 heavy (non-hydrogen) atoms. The fraction of sp³-hybridized carbons (Fsp3) is 0.500. The number of ether oxygens (including phenoxy) is 2. The molecule has 0 aliphatic rings. The number of rotatable bonds is 6. The van der Waals surface area contributed by atoms with Gasteiger partial charge in [0.2, 0.25) is 0 Å². The highest BCUT2D eigenvalue weighted by Crippen LogP contribution is 2.10. The maximum atomic E-state index is 5.40. The van der Waals surface area contributed by atoms with E-state index in [1.807, 2.05) is 19.1 Å². The van der Waals surface area contributed by atoms with E-state index in [1.165, 1.54) is 0 Å². The van der Waals surface area contributed by atoms with Gasteiger partial charge in [-0.15, -0.1) is 0 Å². The summed E-state index contributed by atoms with van der Waals surface area (Å²) >= 11 is 3.33. The summed E-state index contributed by atoms with van der Waals surface area (Å²) < 4.78 is 10.6. The largest absolute Gasteiger partial charge is 0.490 e. The molecule has 1 heterocycles. The minimum Gasteiger partial charge on any atom is -0.490 e. The Morgan fingerprint density at radius 3 is 2.79 bits per heavy atom. The van der Waals surface area contributed by atoms with Crippen LogP contribution in [-0.2, 0) is 10.1 Å². The smallest absolute Gasteiger partial charge is 0.137 e. The Kier molecular flexibility index (Phi) is 5.56. The predicted octanol–water partition coefficient (Wildman–Crippen LogP) is 2.39. The number of hydrogen-bond donors (Lipinski definition) is 0. The van der Waals surface area contributed by atoms with Crippen molar-refractivity contribution in [1.82, 2.24) is 4.98 Å². The van der Waals surface area contributed by atoms with Crippen LogP contribution in [0.3, 0.4) is 0 Å². The minimum atomic E-state index is 0.573. The van der Waals surface area contributed by atoms with Crippen LogP contribution in [0.4, 0.5) is 0 Å². The third kappa shape index (κ3) is 4.07. The second-order valence-electron chi connectivity index (χ2n) is 2.66. The van der Waals surface area contributed by atoms with E-state index in [2.05, 4.69) is 20.9 Å². The van der Waals surface area contributed by atoms with E-state index in [-0.39, 0.29) is 0 Å². The summed E-state index contributed by atoms with van der Waals surface area (Å²) in [7, 11) is 0. The molecule has 0 fully saturated rings. The van der Waals surface area contributed by atoms with E-state index >= 15 is 0 Å².